The van der Waals surface area contributed by atoms with Crippen molar-refractivity contribution < 1.29 is 9.05 Å². The number of nitriles is 2. The van der Waals surface area contributed by atoms with Crippen molar-refractivity contribution in [1.29, 1.82) is 10.5 Å². The van der Waals surface area contributed by atoms with Gasteiger partial charge in [-0.25, -0.2) is 4.67 Å². The Bertz CT molecular complexity index is 757. The minimum absolute atomic E-state index is 0.0228. The van der Waals surface area contributed by atoms with Crippen molar-refractivity contribution >= 4 is 44.8 Å². The van der Waals surface area contributed by atoms with E-state index in [1.165, 1.54) is 5.19 Å². The van der Waals surface area contributed by atoms with Crippen molar-refractivity contribution in [2.75, 3.05) is 6.61 Å². The molecule has 3 atom stereocenters. The number of benzene rings is 1. The number of hydrogen-bond acceptors (Lipinski definition) is 7. The monoisotopic (exact) mass is 479 g/mol. The minimum atomic E-state index is -1.28. The van der Waals surface area contributed by atoms with Gasteiger partial charge in [-0.3, -0.25) is 0 Å². The van der Waals surface area contributed by atoms with E-state index in [1.54, 1.807) is 0 Å². The van der Waals surface area contributed by atoms with E-state index in [1.807, 2.05) is 45.9 Å². The van der Waals surface area contributed by atoms with Crippen LogP contribution in [0.25, 0.3) is 0 Å². The van der Waals surface area contributed by atoms with E-state index < -0.39 is 8.53 Å². The predicted octanol–water partition coefficient (Wildman–Crippen LogP) is 5.05. The summed E-state index contributed by atoms with van der Waals surface area (Å²) in [6, 6.07) is 12.8. The average Bonchev–Trinajstić information content (AvgIpc) is 2.96. The summed E-state index contributed by atoms with van der Waals surface area (Å²) in [5.74, 6) is 0. The normalized spacial score (nSPS) is 21.7. The first-order valence-electron chi connectivity index (χ1n) is 10.1. The zero-order valence-electron chi connectivity index (χ0n) is 18.5. The number of nitrogens with zero attached hydrogens (tertiary/aromatic N) is 3. The summed E-state index contributed by atoms with van der Waals surface area (Å²) < 4.78 is 15.1. The van der Waals surface area contributed by atoms with E-state index in [-0.39, 0.29) is 22.9 Å². The molecule has 2 radical (unpaired) electrons. The summed E-state index contributed by atoms with van der Waals surface area (Å²) in [7, 11) is 3.06. The maximum absolute atomic E-state index is 9.04. The third kappa shape index (κ3) is 6.97. The van der Waals surface area contributed by atoms with Crippen molar-refractivity contribution in [2.45, 2.75) is 75.8 Å². The molecule has 1 fully saturated rings. The largest absolute Gasteiger partial charge is 0.321 e. The van der Waals surface area contributed by atoms with Gasteiger partial charge in [0.25, 0.3) is 8.53 Å². The van der Waals surface area contributed by atoms with Crippen LogP contribution >= 0.6 is 30.1 Å². The summed E-state index contributed by atoms with van der Waals surface area (Å²) >= 11 is 0. The van der Waals surface area contributed by atoms with Crippen molar-refractivity contribution in [3.8, 4) is 12.1 Å². The molecule has 1 aromatic carbocycles. The van der Waals surface area contributed by atoms with Gasteiger partial charge >= 0.3 is 0 Å². The molecule has 1 heterocycles. The van der Waals surface area contributed by atoms with Crippen LogP contribution in [0.1, 0.15) is 53.5 Å². The molecule has 1 saturated heterocycles. The lowest BCUT2D eigenvalue weighted by molar-refractivity contribution is 0.124. The fourth-order valence-electron chi connectivity index (χ4n) is 3.12. The Hall–Kier alpha value is -0.573. The fourth-order valence-corrected chi connectivity index (χ4v) is 11.0. The maximum atomic E-state index is 9.04. The zero-order valence-corrected chi connectivity index (χ0v) is 22.0. The third-order valence-corrected chi connectivity index (χ3v) is 12.5. The summed E-state index contributed by atoms with van der Waals surface area (Å²) in [6.45, 7) is 13.5. The van der Waals surface area contributed by atoms with E-state index >= 15 is 0 Å². The highest BCUT2D eigenvalue weighted by Crippen LogP contribution is 2.57. The Morgan fingerprint density at radius 1 is 1.17 bits per heavy atom. The van der Waals surface area contributed by atoms with Gasteiger partial charge in [-0.1, -0.05) is 38.9 Å². The van der Waals surface area contributed by atoms with E-state index in [0.29, 0.717) is 33.0 Å². The van der Waals surface area contributed by atoms with Gasteiger partial charge in [-0.05, 0) is 53.7 Å². The topological polar surface area (TPSA) is 69.3 Å². The highest BCUT2D eigenvalue weighted by molar-refractivity contribution is 8.78. The smallest absolute Gasteiger partial charge is 0.259 e. The van der Waals surface area contributed by atoms with Crippen molar-refractivity contribution in [1.82, 2.24) is 4.67 Å². The molecule has 0 spiro atoms. The summed E-state index contributed by atoms with van der Waals surface area (Å²) in [5.41, 5.74) is 0.684. The first-order chi connectivity index (χ1) is 14.2. The van der Waals surface area contributed by atoms with Gasteiger partial charge in [0, 0.05) is 21.7 Å². The molecular weight excluding hydrogens is 449 g/mol. The lowest BCUT2D eigenvalue weighted by Gasteiger charge is -2.39. The molecule has 0 aromatic heterocycles. The van der Waals surface area contributed by atoms with Gasteiger partial charge in [0.2, 0.25) is 0 Å². The van der Waals surface area contributed by atoms with Gasteiger partial charge in [0.15, 0.2) is 0 Å². The van der Waals surface area contributed by atoms with Gasteiger partial charge in [0.1, 0.15) is 9.52 Å². The molecule has 0 N–H and O–H groups in total. The van der Waals surface area contributed by atoms with E-state index in [4.69, 9.17) is 19.6 Å². The quantitative estimate of drug-likeness (QED) is 0.201. The molecule has 0 bridgehead atoms. The molecular formula is C21H30N3O2PS2Si. The van der Waals surface area contributed by atoms with Crippen LogP contribution in [0.3, 0.4) is 0 Å². The standard InChI is InChI=1S/C21H30N3O2PS2Si/c1-15(2)24(16(3)4)27(25-13-7-12-22)26-19-20(28-29-21(19,5)6)30-18-10-8-17(14-23)9-11-18/h8-11,15-16,19-20H,7,13H2,1-6H3/t19-,20?,27?/m1/s1. The second-order valence-electron chi connectivity index (χ2n) is 8.11. The Kier molecular flexibility index (Phi) is 10.2. The van der Waals surface area contributed by atoms with E-state index in [9.17, 15) is 0 Å². The molecule has 2 unspecified atom stereocenters. The molecule has 0 aliphatic carbocycles. The third-order valence-electron chi connectivity index (χ3n) is 4.52. The molecule has 5 nitrogen and oxygen atoms in total. The highest BCUT2D eigenvalue weighted by atomic mass is 33.1. The Balaban J connectivity index is 2.21. The van der Waals surface area contributed by atoms with Gasteiger partial charge in [-0.2, -0.15) is 10.5 Å². The van der Waals surface area contributed by atoms with Crippen molar-refractivity contribution in [2.24, 2.45) is 0 Å². The van der Waals surface area contributed by atoms with Gasteiger partial charge in [-0.15, -0.1) is 0 Å². The Morgan fingerprint density at radius 3 is 2.33 bits per heavy atom. The van der Waals surface area contributed by atoms with Crippen LogP contribution in [-0.4, -0.2) is 48.6 Å². The minimum Gasteiger partial charge on any atom is -0.321 e. The van der Waals surface area contributed by atoms with Gasteiger partial charge in [0.05, 0.1) is 36.8 Å². The molecule has 9 heteroatoms. The van der Waals surface area contributed by atoms with Crippen LogP contribution in [0, 0.1) is 22.7 Å². The molecule has 162 valence electrons. The maximum Gasteiger partial charge on any atom is 0.259 e. The average molecular weight is 480 g/mol. The van der Waals surface area contributed by atoms with E-state index in [2.05, 4.69) is 58.4 Å². The highest BCUT2D eigenvalue weighted by Gasteiger charge is 2.47. The molecule has 2 rings (SSSR count). The Labute approximate surface area is 193 Å². The summed E-state index contributed by atoms with van der Waals surface area (Å²) in [6.07, 6.45) is 0.384. The SMILES string of the molecule is CC(C)N(C(C)C)P(OCCC#N)O[C@@H]1C([Si]c2ccc(C#N)cc2)SSC1(C)C. The first-order valence-corrected chi connectivity index (χ1v) is 14.5. The molecule has 30 heavy (non-hydrogen) atoms. The summed E-state index contributed by atoms with van der Waals surface area (Å²) in [4.78, 5) is 0.309. The molecule has 0 saturated carbocycles. The zero-order chi connectivity index (χ0) is 22.3. The van der Waals surface area contributed by atoms with Crippen LogP contribution in [0.4, 0.5) is 0 Å². The second-order valence-corrected chi connectivity index (χ2v) is 14.4. The van der Waals surface area contributed by atoms with Crippen molar-refractivity contribution in [3.05, 3.63) is 29.8 Å². The van der Waals surface area contributed by atoms with Gasteiger partial charge < -0.3 is 9.05 Å². The van der Waals surface area contributed by atoms with Crippen LogP contribution in [0.5, 0.6) is 0 Å². The fraction of sp³-hybridized carbons (Fsp3) is 0.619. The van der Waals surface area contributed by atoms with E-state index in [0.717, 1.165) is 0 Å². The lowest BCUT2D eigenvalue weighted by atomic mass is 10.1. The first kappa shape index (κ1) is 25.7. The number of rotatable bonds is 10. The van der Waals surface area contributed by atoms with Crippen molar-refractivity contribution in [3.63, 3.8) is 0 Å². The van der Waals surface area contributed by atoms with Crippen LogP contribution in [0.2, 0.25) is 0 Å². The van der Waals surface area contributed by atoms with Crippen LogP contribution < -0.4 is 5.19 Å². The lowest BCUT2D eigenvalue weighted by Crippen LogP contribution is -2.44. The van der Waals surface area contributed by atoms with Crippen LogP contribution in [-0.2, 0) is 9.05 Å². The molecule has 1 aliphatic heterocycles. The Morgan fingerprint density at radius 2 is 1.80 bits per heavy atom. The molecule has 1 aromatic rings. The molecule has 0 amide bonds. The predicted molar refractivity (Wildman–Crippen MR) is 130 cm³/mol. The van der Waals surface area contributed by atoms with Crippen LogP contribution in [0.15, 0.2) is 24.3 Å². The molecule has 1 aliphatic rings. The second kappa shape index (κ2) is 11.9. The number of hydrogen-bond donors (Lipinski definition) is 0. The summed E-state index contributed by atoms with van der Waals surface area (Å²) in [5, 5.41) is 19.2.